The van der Waals surface area contributed by atoms with E-state index in [0.717, 1.165) is 45.1 Å². The number of hydrogen-bond donors (Lipinski definition) is 1. The highest BCUT2D eigenvalue weighted by atomic mass is 16.5. The van der Waals surface area contributed by atoms with Crippen LogP contribution < -0.4 is 5.32 Å². The Hall–Kier alpha value is -1.10. The molecule has 1 saturated carbocycles. The Balaban J connectivity index is 1.89. The lowest BCUT2D eigenvalue weighted by Gasteiger charge is -2.50. The summed E-state index contributed by atoms with van der Waals surface area (Å²) in [7, 11) is 0. The molecule has 0 aromatic heterocycles. The van der Waals surface area contributed by atoms with E-state index < -0.39 is 11.1 Å². The van der Waals surface area contributed by atoms with Crippen molar-refractivity contribution < 1.29 is 14.3 Å². The van der Waals surface area contributed by atoms with Gasteiger partial charge in [-0.1, -0.05) is 19.8 Å². The van der Waals surface area contributed by atoms with Gasteiger partial charge in [0.1, 0.15) is 11.1 Å². The Morgan fingerprint density at radius 3 is 2.57 bits per heavy atom. The van der Waals surface area contributed by atoms with E-state index in [-0.39, 0.29) is 17.9 Å². The highest BCUT2D eigenvalue weighted by Gasteiger charge is 2.56. The van der Waals surface area contributed by atoms with Crippen molar-refractivity contribution in [2.45, 2.75) is 76.0 Å². The molecule has 0 aromatic rings. The Kier molecular flexibility index (Phi) is 3.72. The number of amides is 2. The molecule has 1 aliphatic carbocycles. The third-order valence-corrected chi connectivity index (χ3v) is 5.65. The molecule has 0 radical (unpaired) electrons. The van der Waals surface area contributed by atoms with E-state index in [1.54, 1.807) is 0 Å². The summed E-state index contributed by atoms with van der Waals surface area (Å²) < 4.78 is 5.70. The van der Waals surface area contributed by atoms with Crippen LogP contribution in [0.3, 0.4) is 0 Å². The zero-order valence-corrected chi connectivity index (χ0v) is 13.1. The predicted octanol–water partition coefficient (Wildman–Crippen LogP) is 1.61. The van der Waals surface area contributed by atoms with Crippen LogP contribution in [-0.4, -0.2) is 47.0 Å². The minimum Gasteiger partial charge on any atom is -0.376 e. The van der Waals surface area contributed by atoms with Crippen LogP contribution in [0.25, 0.3) is 0 Å². The monoisotopic (exact) mass is 294 g/mol. The molecule has 5 heteroatoms. The van der Waals surface area contributed by atoms with E-state index in [0.29, 0.717) is 13.0 Å². The molecule has 2 atom stereocenters. The SMILES string of the molecule is CCC1(C)C(=O)NC2(CCCC2)C(=O)N1CC1CCCO1. The van der Waals surface area contributed by atoms with Crippen LogP contribution in [0.2, 0.25) is 0 Å². The number of hydrogen-bond acceptors (Lipinski definition) is 3. The average molecular weight is 294 g/mol. The molecule has 3 rings (SSSR count). The fourth-order valence-electron chi connectivity index (χ4n) is 3.96. The minimum absolute atomic E-state index is 0.00416. The molecular formula is C16H26N2O3. The fourth-order valence-corrected chi connectivity index (χ4v) is 3.96. The van der Waals surface area contributed by atoms with Crippen LogP contribution in [0.5, 0.6) is 0 Å². The minimum atomic E-state index is -0.739. The van der Waals surface area contributed by atoms with E-state index in [1.807, 2.05) is 18.7 Å². The van der Waals surface area contributed by atoms with Gasteiger partial charge in [-0.3, -0.25) is 9.59 Å². The molecule has 5 nitrogen and oxygen atoms in total. The standard InChI is InChI=1S/C16H26N2O3/c1-3-15(2)13(19)17-16(8-4-5-9-16)14(20)18(15)11-12-7-6-10-21-12/h12H,3-11H2,1-2H3,(H,17,19). The van der Waals surface area contributed by atoms with Gasteiger partial charge in [0.05, 0.1) is 6.10 Å². The number of rotatable bonds is 3. The maximum atomic E-state index is 13.1. The van der Waals surface area contributed by atoms with Gasteiger partial charge in [0.25, 0.3) is 0 Å². The second kappa shape index (κ2) is 5.27. The van der Waals surface area contributed by atoms with Gasteiger partial charge in [-0.05, 0) is 39.0 Å². The molecule has 1 N–H and O–H groups in total. The van der Waals surface area contributed by atoms with Crippen molar-refractivity contribution in [1.29, 1.82) is 0 Å². The lowest BCUT2D eigenvalue weighted by atomic mass is 9.83. The molecule has 0 bridgehead atoms. The smallest absolute Gasteiger partial charge is 0.249 e. The first-order valence-electron chi connectivity index (χ1n) is 8.28. The fraction of sp³-hybridized carbons (Fsp3) is 0.875. The molecule has 1 spiro atoms. The van der Waals surface area contributed by atoms with Crippen molar-refractivity contribution in [3.63, 3.8) is 0 Å². The molecule has 3 aliphatic rings. The first-order valence-corrected chi connectivity index (χ1v) is 8.28. The molecule has 118 valence electrons. The van der Waals surface area contributed by atoms with Gasteiger partial charge in [-0.25, -0.2) is 0 Å². The summed E-state index contributed by atoms with van der Waals surface area (Å²) in [6.07, 6.45) is 6.34. The van der Waals surface area contributed by atoms with Gasteiger partial charge in [0.15, 0.2) is 0 Å². The molecule has 2 amide bonds. The summed E-state index contributed by atoms with van der Waals surface area (Å²) in [6.45, 7) is 5.18. The third kappa shape index (κ3) is 2.26. The Bertz CT molecular complexity index is 439. The van der Waals surface area contributed by atoms with E-state index in [1.165, 1.54) is 0 Å². The van der Waals surface area contributed by atoms with Crippen molar-refractivity contribution in [3.05, 3.63) is 0 Å². The molecule has 3 fully saturated rings. The van der Waals surface area contributed by atoms with Crippen LogP contribution in [-0.2, 0) is 14.3 Å². The quantitative estimate of drug-likeness (QED) is 0.860. The number of nitrogens with one attached hydrogen (secondary N) is 1. The van der Waals surface area contributed by atoms with Gasteiger partial charge >= 0.3 is 0 Å². The summed E-state index contributed by atoms with van der Waals surface area (Å²) in [5.41, 5.74) is -1.37. The highest BCUT2D eigenvalue weighted by Crippen LogP contribution is 2.39. The first-order chi connectivity index (χ1) is 10.0. The van der Waals surface area contributed by atoms with E-state index >= 15 is 0 Å². The van der Waals surface area contributed by atoms with Gasteiger partial charge in [0, 0.05) is 13.2 Å². The maximum absolute atomic E-state index is 13.1. The van der Waals surface area contributed by atoms with Gasteiger partial charge in [0.2, 0.25) is 11.8 Å². The second-order valence-electron chi connectivity index (χ2n) is 6.92. The molecule has 21 heavy (non-hydrogen) atoms. The molecular weight excluding hydrogens is 268 g/mol. The summed E-state index contributed by atoms with van der Waals surface area (Å²) in [5, 5.41) is 3.07. The number of ether oxygens (including phenoxy) is 1. The molecule has 2 heterocycles. The molecule has 2 unspecified atom stereocenters. The van der Waals surface area contributed by atoms with Gasteiger partial charge in [-0.2, -0.15) is 0 Å². The topological polar surface area (TPSA) is 58.6 Å². The summed E-state index contributed by atoms with van der Waals surface area (Å²) in [5.74, 6) is 0.115. The second-order valence-corrected chi connectivity index (χ2v) is 6.92. The number of carbonyl (C=O) groups excluding carboxylic acids is 2. The van der Waals surface area contributed by atoms with E-state index in [4.69, 9.17) is 4.74 Å². The molecule has 2 saturated heterocycles. The van der Waals surface area contributed by atoms with Crippen molar-refractivity contribution >= 4 is 11.8 Å². The third-order valence-electron chi connectivity index (χ3n) is 5.65. The predicted molar refractivity (Wildman–Crippen MR) is 78.7 cm³/mol. The summed E-state index contributed by atoms with van der Waals surface area (Å²) in [4.78, 5) is 27.6. The van der Waals surface area contributed by atoms with Crippen molar-refractivity contribution in [2.75, 3.05) is 13.2 Å². The lowest BCUT2D eigenvalue weighted by molar-refractivity contribution is -0.164. The largest absolute Gasteiger partial charge is 0.376 e. The number of piperazine rings is 1. The zero-order valence-electron chi connectivity index (χ0n) is 13.1. The van der Waals surface area contributed by atoms with Gasteiger partial charge < -0.3 is 15.0 Å². The molecule has 2 aliphatic heterocycles. The van der Waals surface area contributed by atoms with Crippen LogP contribution in [0.1, 0.15) is 58.8 Å². The van der Waals surface area contributed by atoms with E-state index in [2.05, 4.69) is 5.32 Å². The van der Waals surface area contributed by atoms with Crippen LogP contribution >= 0.6 is 0 Å². The van der Waals surface area contributed by atoms with Gasteiger partial charge in [-0.15, -0.1) is 0 Å². The zero-order chi connectivity index (χ0) is 15.1. The first kappa shape index (κ1) is 14.8. The Labute approximate surface area is 126 Å². The Morgan fingerprint density at radius 2 is 2.00 bits per heavy atom. The Morgan fingerprint density at radius 1 is 1.29 bits per heavy atom. The molecule has 0 aromatic carbocycles. The maximum Gasteiger partial charge on any atom is 0.249 e. The van der Waals surface area contributed by atoms with E-state index in [9.17, 15) is 9.59 Å². The summed E-state index contributed by atoms with van der Waals surface area (Å²) >= 11 is 0. The van der Waals surface area contributed by atoms with Crippen LogP contribution in [0, 0.1) is 0 Å². The normalized spacial score (nSPS) is 35.5. The van der Waals surface area contributed by atoms with Crippen LogP contribution in [0.15, 0.2) is 0 Å². The van der Waals surface area contributed by atoms with Crippen molar-refractivity contribution in [3.8, 4) is 0 Å². The van der Waals surface area contributed by atoms with Crippen LogP contribution in [0.4, 0.5) is 0 Å². The van der Waals surface area contributed by atoms with Crippen molar-refractivity contribution in [1.82, 2.24) is 10.2 Å². The number of carbonyl (C=O) groups is 2. The number of nitrogens with zero attached hydrogens (tertiary/aromatic N) is 1. The van der Waals surface area contributed by atoms with Crippen molar-refractivity contribution in [2.24, 2.45) is 0 Å². The summed E-state index contributed by atoms with van der Waals surface area (Å²) in [6, 6.07) is 0. The lowest BCUT2D eigenvalue weighted by Crippen LogP contribution is -2.74. The highest BCUT2D eigenvalue weighted by molar-refractivity contribution is 6.02. The average Bonchev–Trinajstić information content (AvgIpc) is 3.14.